The molecule has 3 fully saturated rings. The fourth-order valence-corrected chi connectivity index (χ4v) is 4.08. The largest absolute Gasteiger partial charge is 0.372 e. The van der Waals surface area contributed by atoms with E-state index in [0.29, 0.717) is 32.1 Å². The lowest BCUT2D eigenvalue weighted by Crippen LogP contribution is -2.50. The lowest BCUT2D eigenvalue weighted by molar-refractivity contribution is -0.147. The molecule has 0 bridgehead atoms. The van der Waals surface area contributed by atoms with Gasteiger partial charge in [-0.3, -0.25) is 9.59 Å². The van der Waals surface area contributed by atoms with Crippen LogP contribution in [0.4, 0.5) is 0 Å². The second-order valence-electron chi connectivity index (χ2n) is 6.89. The first kappa shape index (κ1) is 14.8. The van der Waals surface area contributed by atoms with E-state index in [9.17, 15) is 9.59 Å². The zero-order valence-electron chi connectivity index (χ0n) is 13.1. The molecule has 21 heavy (non-hydrogen) atoms. The van der Waals surface area contributed by atoms with E-state index in [0.717, 1.165) is 12.8 Å². The summed E-state index contributed by atoms with van der Waals surface area (Å²) < 4.78 is 5.68. The average Bonchev–Trinajstić information content (AvgIpc) is 3.05. The first-order valence-corrected chi connectivity index (χ1v) is 8.28. The van der Waals surface area contributed by atoms with E-state index in [2.05, 4.69) is 0 Å². The second kappa shape index (κ2) is 5.95. The zero-order chi connectivity index (χ0) is 15.0. The maximum atomic E-state index is 12.7. The SMILES string of the molecule is CC1CN(C(=O)C2CC(=O)N(C3CCCC3)C2)CC(C)O1. The third-order valence-electron chi connectivity index (χ3n) is 5.00. The average molecular weight is 294 g/mol. The summed E-state index contributed by atoms with van der Waals surface area (Å²) in [4.78, 5) is 28.8. The summed E-state index contributed by atoms with van der Waals surface area (Å²) >= 11 is 0. The number of ether oxygens (including phenoxy) is 1. The highest BCUT2D eigenvalue weighted by atomic mass is 16.5. The molecule has 0 aromatic carbocycles. The Kier molecular flexibility index (Phi) is 4.20. The van der Waals surface area contributed by atoms with Gasteiger partial charge >= 0.3 is 0 Å². The van der Waals surface area contributed by atoms with Crippen LogP contribution in [0.2, 0.25) is 0 Å². The summed E-state index contributed by atoms with van der Waals surface area (Å²) in [6.07, 6.45) is 5.21. The van der Waals surface area contributed by atoms with E-state index >= 15 is 0 Å². The van der Waals surface area contributed by atoms with Crippen molar-refractivity contribution in [3.05, 3.63) is 0 Å². The van der Waals surface area contributed by atoms with Crippen LogP contribution >= 0.6 is 0 Å². The summed E-state index contributed by atoms with van der Waals surface area (Å²) in [6, 6.07) is 0.387. The van der Waals surface area contributed by atoms with Crippen LogP contribution in [0, 0.1) is 5.92 Å². The number of amides is 2. The van der Waals surface area contributed by atoms with Gasteiger partial charge in [0.05, 0.1) is 18.1 Å². The molecule has 2 amide bonds. The number of carbonyl (C=O) groups is 2. The van der Waals surface area contributed by atoms with Gasteiger partial charge in [0, 0.05) is 32.1 Å². The van der Waals surface area contributed by atoms with E-state index in [-0.39, 0.29) is 29.9 Å². The van der Waals surface area contributed by atoms with Gasteiger partial charge in [0.1, 0.15) is 0 Å². The quantitative estimate of drug-likeness (QED) is 0.774. The topological polar surface area (TPSA) is 49.9 Å². The Balaban J connectivity index is 1.62. The minimum absolute atomic E-state index is 0.0840. The number of morpholine rings is 1. The van der Waals surface area contributed by atoms with Gasteiger partial charge in [-0.15, -0.1) is 0 Å². The van der Waals surface area contributed by atoms with Crippen LogP contribution in [-0.2, 0) is 14.3 Å². The third-order valence-corrected chi connectivity index (χ3v) is 5.00. The van der Waals surface area contributed by atoms with Gasteiger partial charge in [0.15, 0.2) is 0 Å². The zero-order valence-corrected chi connectivity index (χ0v) is 13.1. The smallest absolute Gasteiger partial charge is 0.228 e. The van der Waals surface area contributed by atoms with Crippen LogP contribution in [0.15, 0.2) is 0 Å². The molecule has 0 radical (unpaired) electrons. The molecule has 5 heteroatoms. The summed E-state index contributed by atoms with van der Waals surface area (Å²) in [5, 5.41) is 0. The summed E-state index contributed by atoms with van der Waals surface area (Å²) in [7, 11) is 0. The van der Waals surface area contributed by atoms with Gasteiger partial charge in [-0.2, -0.15) is 0 Å². The molecule has 1 aliphatic carbocycles. The van der Waals surface area contributed by atoms with Crippen molar-refractivity contribution in [1.29, 1.82) is 0 Å². The van der Waals surface area contributed by atoms with Crippen molar-refractivity contribution < 1.29 is 14.3 Å². The van der Waals surface area contributed by atoms with Gasteiger partial charge in [0.2, 0.25) is 11.8 Å². The van der Waals surface area contributed by atoms with Gasteiger partial charge < -0.3 is 14.5 Å². The number of hydrogen-bond acceptors (Lipinski definition) is 3. The third kappa shape index (κ3) is 3.07. The van der Waals surface area contributed by atoms with Crippen LogP contribution in [-0.4, -0.2) is 59.5 Å². The Hall–Kier alpha value is -1.10. The van der Waals surface area contributed by atoms with Crippen LogP contribution in [0.5, 0.6) is 0 Å². The van der Waals surface area contributed by atoms with E-state index in [1.54, 1.807) is 0 Å². The van der Waals surface area contributed by atoms with Gasteiger partial charge in [-0.25, -0.2) is 0 Å². The molecule has 2 saturated heterocycles. The predicted octanol–water partition coefficient (Wildman–Crippen LogP) is 1.41. The minimum Gasteiger partial charge on any atom is -0.372 e. The van der Waals surface area contributed by atoms with Crippen molar-refractivity contribution in [3.8, 4) is 0 Å². The fourth-order valence-electron chi connectivity index (χ4n) is 4.08. The Labute approximate surface area is 126 Å². The van der Waals surface area contributed by atoms with Crippen LogP contribution in [0.1, 0.15) is 46.0 Å². The molecule has 1 saturated carbocycles. The molecule has 2 aliphatic heterocycles. The first-order chi connectivity index (χ1) is 10.0. The van der Waals surface area contributed by atoms with Crippen molar-refractivity contribution in [3.63, 3.8) is 0 Å². The second-order valence-corrected chi connectivity index (χ2v) is 6.89. The number of nitrogens with zero attached hydrogens (tertiary/aromatic N) is 2. The maximum absolute atomic E-state index is 12.7. The summed E-state index contributed by atoms with van der Waals surface area (Å²) in [6.45, 7) is 5.93. The molecular weight excluding hydrogens is 268 g/mol. The monoisotopic (exact) mass is 294 g/mol. The molecule has 5 nitrogen and oxygen atoms in total. The van der Waals surface area contributed by atoms with Gasteiger partial charge in [-0.05, 0) is 26.7 Å². The number of hydrogen-bond donors (Lipinski definition) is 0. The molecule has 0 aromatic heterocycles. The van der Waals surface area contributed by atoms with Crippen LogP contribution < -0.4 is 0 Å². The molecular formula is C16H26N2O3. The molecule has 0 spiro atoms. The Morgan fingerprint density at radius 3 is 2.33 bits per heavy atom. The highest BCUT2D eigenvalue weighted by Crippen LogP contribution is 2.30. The minimum atomic E-state index is -0.143. The van der Waals surface area contributed by atoms with E-state index in [4.69, 9.17) is 4.74 Å². The lowest BCUT2D eigenvalue weighted by atomic mass is 10.1. The van der Waals surface area contributed by atoms with Crippen LogP contribution in [0.25, 0.3) is 0 Å². The molecule has 3 rings (SSSR count). The van der Waals surface area contributed by atoms with E-state index in [1.165, 1.54) is 12.8 Å². The first-order valence-electron chi connectivity index (χ1n) is 8.28. The maximum Gasteiger partial charge on any atom is 0.228 e. The number of likely N-dealkylation sites (tertiary alicyclic amines) is 1. The Morgan fingerprint density at radius 1 is 1.10 bits per heavy atom. The van der Waals surface area contributed by atoms with Crippen molar-refractivity contribution >= 4 is 11.8 Å². The molecule has 118 valence electrons. The number of carbonyl (C=O) groups excluding carboxylic acids is 2. The fraction of sp³-hybridized carbons (Fsp3) is 0.875. The van der Waals surface area contributed by atoms with Gasteiger partial charge in [0.25, 0.3) is 0 Å². The predicted molar refractivity (Wildman–Crippen MR) is 78.7 cm³/mol. The molecule has 0 N–H and O–H groups in total. The molecule has 0 aromatic rings. The van der Waals surface area contributed by atoms with Crippen molar-refractivity contribution in [2.75, 3.05) is 19.6 Å². The molecule has 3 atom stereocenters. The number of rotatable bonds is 2. The molecule has 3 aliphatic rings. The highest BCUT2D eigenvalue weighted by molar-refractivity contribution is 5.89. The van der Waals surface area contributed by atoms with Gasteiger partial charge in [-0.1, -0.05) is 12.8 Å². The van der Waals surface area contributed by atoms with Crippen molar-refractivity contribution in [2.45, 2.75) is 64.2 Å². The normalized spacial score (nSPS) is 34.8. The summed E-state index contributed by atoms with van der Waals surface area (Å²) in [5.74, 6) is 0.177. The molecule has 3 unspecified atom stereocenters. The standard InChI is InChI=1S/C16H26N2O3/c1-11-8-17(9-12(2)21-11)16(20)13-7-15(19)18(10-13)14-5-3-4-6-14/h11-14H,3-10H2,1-2H3. The Morgan fingerprint density at radius 2 is 1.71 bits per heavy atom. The lowest BCUT2D eigenvalue weighted by Gasteiger charge is -2.36. The van der Waals surface area contributed by atoms with Crippen LogP contribution in [0.3, 0.4) is 0 Å². The summed E-state index contributed by atoms with van der Waals surface area (Å²) in [5.41, 5.74) is 0. The molecule has 2 heterocycles. The van der Waals surface area contributed by atoms with E-state index < -0.39 is 0 Å². The highest BCUT2D eigenvalue weighted by Gasteiger charge is 2.41. The van der Waals surface area contributed by atoms with E-state index in [1.807, 2.05) is 23.6 Å². The Bertz CT molecular complexity index is 410. The van der Waals surface area contributed by atoms with Crippen molar-refractivity contribution in [1.82, 2.24) is 9.80 Å². The van der Waals surface area contributed by atoms with Crippen molar-refractivity contribution in [2.24, 2.45) is 5.92 Å².